The molecule has 0 aliphatic heterocycles. The fraction of sp³-hybridized carbons (Fsp3) is 0.462. The minimum absolute atomic E-state index is 0.0392. The average molecular weight is 283 g/mol. The van der Waals surface area contributed by atoms with E-state index in [2.05, 4.69) is 5.32 Å². The lowest BCUT2D eigenvalue weighted by Crippen LogP contribution is -2.28. The van der Waals surface area contributed by atoms with E-state index in [9.17, 15) is 14.9 Å². The molecule has 1 aromatic rings. The molecule has 0 saturated heterocycles. The lowest BCUT2D eigenvalue weighted by Gasteiger charge is -2.10. The molecule has 0 spiro atoms. The van der Waals surface area contributed by atoms with Crippen molar-refractivity contribution in [2.45, 2.75) is 25.7 Å². The van der Waals surface area contributed by atoms with Crippen LogP contribution >= 0.6 is 11.6 Å². The van der Waals surface area contributed by atoms with Gasteiger partial charge in [0.05, 0.1) is 4.92 Å². The first-order valence-electron chi connectivity index (χ1n) is 6.30. The molecular formula is C13H15ClN2O3. The second-order valence-electron chi connectivity index (χ2n) is 4.78. The summed E-state index contributed by atoms with van der Waals surface area (Å²) in [5, 5.41) is 13.6. The van der Waals surface area contributed by atoms with Crippen molar-refractivity contribution in [1.82, 2.24) is 5.32 Å². The highest BCUT2D eigenvalue weighted by Crippen LogP contribution is 2.26. The van der Waals surface area contributed by atoms with Gasteiger partial charge in [-0.1, -0.05) is 24.4 Å². The SMILES string of the molecule is O=C(NCC1CCCC1)c1ccc(Cl)c([N+](=O)[O-])c1. The summed E-state index contributed by atoms with van der Waals surface area (Å²) < 4.78 is 0. The number of nitro groups is 1. The van der Waals surface area contributed by atoms with Crippen molar-refractivity contribution in [3.05, 3.63) is 38.9 Å². The molecule has 0 atom stereocenters. The third kappa shape index (κ3) is 3.44. The van der Waals surface area contributed by atoms with Crippen LogP contribution in [-0.2, 0) is 0 Å². The van der Waals surface area contributed by atoms with Gasteiger partial charge in [0, 0.05) is 18.2 Å². The van der Waals surface area contributed by atoms with E-state index in [1.807, 2.05) is 0 Å². The summed E-state index contributed by atoms with van der Waals surface area (Å²) in [6.07, 6.45) is 4.71. The Hall–Kier alpha value is -1.62. The molecule has 6 heteroatoms. The number of nitrogens with zero attached hydrogens (tertiary/aromatic N) is 1. The first-order valence-corrected chi connectivity index (χ1v) is 6.68. The maximum absolute atomic E-state index is 11.9. The zero-order valence-corrected chi connectivity index (χ0v) is 11.2. The van der Waals surface area contributed by atoms with Crippen LogP contribution in [0.25, 0.3) is 0 Å². The summed E-state index contributed by atoms with van der Waals surface area (Å²) in [7, 11) is 0. The number of hydrogen-bond donors (Lipinski definition) is 1. The monoisotopic (exact) mass is 282 g/mol. The molecule has 1 aliphatic carbocycles. The third-order valence-corrected chi connectivity index (χ3v) is 3.75. The van der Waals surface area contributed by atoms with E-state index in [0.717, 1.165) is 12.8 Å². The molecule has 1 aliphatic rings. The topological polar surface area (TPSA) is 72.2 Å². The highest BCUT2D eigenvalue weighted by molar-refractivity contribution is 6.32. The molecule has 0 aromatic heterocycles. The largest absolute Gasteiger partial charge is 0.352 e. The minimum Gasteiger partial charge on any atom is -0.352 e. The van der Waals surface area contributed by atoms with Gasteiger partial charge in [-0.15, -0.1) is 0 Å². The minimum atomic E-state index is -0.587. The van der Waals surface area contributed by atoms with Gasteiger partial charge in [0.2, 0.25) is 0 Å². The number of nitro benzene ring substituents is 1. The van der Waals surface area contributed by atoms with Gasteiger partial charge >= 0.3 is 0 Å². The normalized spacial score (nSPS) is 15.4. The van der Waals surface area contributed by atoms with E-state index in [4.69, 9.17) is 11.6 Å². The van der Waals surface area contributed by atoms with E-state index >= 15 is 0 Å². The van der Waals surface area contributed by atoms with Crippen LogP contribution in [0.4, 0.5) is 5.69 Å². The standard InChI is InChI=1S/C13H15ClN2O3/c14-11-6-5-10(7-12(11)16(18)19)13(17)15-8-9-3-1-2-4-9/h5-7,9H,1-4,8H2,(H,15,17). The summed E-state index contributed by atoms with van der Waals surface area (Å²) in [6, 6.07) is 4.09. The maximum atomic E-state index is 11.9. The van der Waals surface area contributed by atoms with Crippen LogP contribution in [0.3, 0.4) is 0 Å². The smallest absolute Gasteiger partial charge is 0.288 e. The Labute approximate surface area is 116 Å². The van der Waals surface area contributed by atoms with Crippen LogP contribution in [0.5, 0.6) is 0 Å². The second kappa shape index (κ2) is 6.02. The first-order chi connectivity index (χ1) is 9.08. The van der Waals surface area contributed by atoms with Crippen molar-refractivity contribution in [2.24, 2.45) is 5.92 Å². The van der Waals surface area contributed by atoms with Gasteiger partial charge in [-0.2, -0.15) is 0 Å². The quantitative estimate of drug-likeness (QED) is 0.681. The molecule has 0 bridgehead atoms. The van der Waals surface area contributed by atoms with Crippen LogP contribution in [0, 0.1) is 16.0 Å². The summed E-state index contributed by atoms with van der Waals surface area (Å²) in [5.41, 5.74) is 0.0317. The van der Waals surface area contributed by atoms with Crippen molar-refractivity contribution >= 4 is 23.2 Å². The van der Waals surface area contributed by atoms with E-state index in [1.54, 1.807) is 0 Å². The average Bonchev–Trinajstić information content (AvgIpc) is 2.89. The zero-order chi connectivity index (χ0) is 13.8. The van der Waals surface area contributed by atoms with E-state index in [1.165, 1.54) is 31.0 Å². The lowest BCUT2D eigenvalue weighted by molar-refractivity contribution is -0.384. The van der Waals surface area contributed by atoms with Crippen molar-refractivity contribution in [2.75, 3.05) is 6.54 Å². The van der Waals surface area contributed by atoms with Crippen LogP contribution in [0.1, 0.15) is 36.0 Å². The molecule has 1 aromatic carbocycles. The van der Waals surface area contributed by atoms with Crippen molar-refractivity contribution in [1.29, 1.82) is 0 Å². The number of carbonyl (C=O) groups excluding carboxylic acids is 1. The maximum Gasteiger partial charge on any atom is 0.288 e. The predicted molar refractivity (Wildman–Crippen MR) is 72.4 cm³/mol. The molecule has 0 unspecified atom stereocenters. The molecule has 0 heterocycles. The number of benzene rings is 1. The van der Waals surface area contributed by atoms with Gasteiger partial charge in [-0.05, 0) is 30.9 Å². The number of rotatable bonds is 4. The molecule has 0 radical (unpaired) electrons. The van der Waals surface area contributed by atoms with Crippen molar-refractivity contribution in [3.8, 4) is 0 Å². The number of hydrogen-bond acceptors (Lipinski definition) is 3. The van der Waals surface area contributed by atoms with E-state index < -0.39 is 4.92 Å². The molecule has 102 valence electrons. The Bertz CT molecular complexity index is 499. The molecular weight excluding hydrogens is 268 g/mol. The fourth-order valence-electron chi connectivity index (χ4n) is 2.35. The van der Waals surface area contributed by atoms with Crippen molar-refractivity contribution < 1.29 is 9.72 Å². The Morgan fingerprint density at radius 2 is 2.11 bits per heavy atom. The Morgan fingerprint density at radius 1 is 1.42 bits per heavy atom. The summed E-state index contributed by atoms with van der Waals surface area (Å²) in [4.78, 5) is 22.1. The third-order valence-electron chi connectivity index (χ3n) is 3.43. The molecule has 1 N–H and O–H groups in total. The summed E-state index contributed by atoms with van der Waals surface area (Å²) >= 11 is 5.70. The molecule has 1 amide bonds. The Balaban J connectivity index is 2.02. The molecule has 1 fully saturated rings. The second-order valence-corrected chi connectivity index (χ2v) is 5.19. The van der Waals surface area contributed by atoms with Crippen LogP contribution in [0.15, 0.2) is 18.2 Å². The molecule has 19 heavy (non-hydrogen) atoms. The van der Waals surface area contributed by atoms with Crippen LogP contribution in [-0.4, -0.2) is 17.4 Å². The number of carbonyl (C=O) groups is 1. The Kier molecular flexibility index (Phi) is 4.37. The molecule has 1 saturated carbocycles. The summed E-state index contributed by atoms with van der Waals surface area (Å²) in [5.74, 6) is 0.248. The number of nitrogens with one attached hydrogen (secondary N) is 1. The van der Waals surface area contributed by atoms with Gasteiger partial charge in [0.15, 0.2) is 0 Å². The van der Waals surface area contributed by atoms with Gasteiger partial charge in [-0.3, -0.25) is 14.9 Å². The molecule has 2 rings (SSSR count). The highest BCUT2D eigenvalue weighted by atomic mass is 35.5. The predicted octanol–water partition coefficient (Wildman–Crippen LogP) is 3.17. The van der Waals surface area contributed by atoms with Crippen LogP contribution < -0.4 is 5.32 Å². The van der Waals surface area contributed by atoms with Crippen LogP contribution in [0.2, 0.25) is 5.02 Å². The lowest BCUT2D eigenvalue weighted by atomic mass is 10.1. The van der Waals surface area contributed by atoms with E-state index in [0.29, 0.717) is 12.5 Å². The van der Waals surface area contributed by atoms with Gasteiger partial charge in [0.25, 0.3) is 11.6 Å². The highest BCUT2D eigenvalue weighted by Gasteiger charge is 2.18. The summed E-state index contributed by atoms with van der Waals surface area (Å²) in [6.45, 7) is 0.634. The number of amides is 1. The van der Waals surface area contributed by atoms with Gasteiger partial charge < -0.3 is 5.32 Å². The zero-order valence-electron chi connectivity index (χ0n) is 10.4. The Morgan fingerprint density at radius 3 is 2.74 bits per heavy atom. The number of halogens is 1. The molecule has 5 nitrogen and oxygen atoms in total. The van der Waals surface area contributed by atoms with Crippen molar-refractivity contribution in [3.63, 3.8) is 0 Å². The first kappa shape index (κ1) is 13.8. The fourth-order valence-corrected chi connectivity index (χ4v) is 2.53. The van der Waals surface area contributed by atoms with Gasteiger partial charge in [0.1, 0.15) is 5.02 Å². The van der Waals surface area contributed by atoms with E-state index in [-0.39, 0.29) is 22.2 Å². The van der Waals surface area contributed by atoms with Gasteiger partial charge in [-0.25, -0.2) is 0 Å².